The van der Waals surface area contributed by atoms with Crippen LogP contribution >= 0.6 is 0 Å². The van der Waals surface area contributed by atoms with Gasteiger partial charge in [-0.2, -0.15) is 0 Å². The molecule has 4 rings (SSSR count). The number of benzene rings is 3. The fraction of sp³-hybridized carbons (Fsp3) is 0.0417. The molecule has 1 aliphatic rings. The van der Waals surface area contributed by atoms with Gasteiger partial charge in [-0.15, -0.1) is 0 Å². The molecule has 0 bridgehead atoms. The van der Waals surface area contributed by atoms with Gasteiger partial charge in [-0.3, -0.25) is 14.9 Å². The predicted octanol–water partition coefficient (Wildman–Crippen LogP) is 4.07. The normalized spacial score (nSPS) is 15.2. The highest BCUT2D eigenvalue weighted by molar-refractivity contribution is 6.39. The van der Waals surface area contributed by atoms with Crippen LogP contribution in [0.3, 0.4) is 0 Å². The molecular formula is C24H17FN2O4. The quantitative estimate of drug-likeness (QED) is 0.503. The highest BCUT2D eigenvalue weighted by Crippen LogP contribution is 2.26. The van der Waals surface area contributed by atoms with Crippen molar-refractivity contribution in [2.24, 2.45) is 0 Å². The number of nitrogens with one attached hydrogen (secondary N) is 1. The molecule has 0 spiro atoms. The molecule has 31 heavy (non-hydrogen) atoms. The summed E-state index contributed by atoms with van der Waals surface area (Å²) in [6.45, 7) is 0.301. The molecule has 1 fully saturated rings. The number of halogens is 1. The minimum atomic E-state index is -0.939. The van der Waals surface area contributed by atoms with Crippen molar-refractivity contribution in [1.82, 2.24) is 5.32 Å². The van der Waals surface area contributed by atoms with Crippen LogP contribution in [0.15, 0.2) is 84.4 Å². The lowest BCUT2D eigenvalue weighted by molar-refractivity contribution is -0.122. The minimum absolute atomic E-state index is 0.0227. The van der Waals surface area contributed by atoms with Crippen molar-refractivity contribution in [2.75, 3.05) is 4.90 Å². The maximum atomic E-state index is 13.6. The minimum Gasteiger partial charge on any atom is -0.488 e. The lowest BCUT2D eigenvalue weighted by atomic mass is 10.1. The fourth-order valence-electron chi connectivity index (χ4n) is 3.13. The lowest BCUT2D eigenvalue weighted by Gasteiger charge is -2.26. The Morgan fingerprint density at radius 2 is 1.65 bits per heavy atom. The molecule has 0 radical (unpaired) electrons. The van der Waals surface area contributed by atoms with Gasteiger partial charge in [0.1, 0.15) is 23.7 Å². The van der Waals surface area contributed by atoms with E-state index in [1.54, 1.807) is 24.3 Å². The number of nitrogens with zero attached hydrogens (tertiary/aromatic N) is 1. The number of barbiturate groups is 1. The largest absolute Gasteiger partial charge is 0.488 e. The number of carbonyl (C=O) groups is 3. The Bertz CT molecular complexity index is 1190. The number of carbonyl (C=O) groups excluding carboxylic acids is 3. The van der Waals surface area contributed by atoms with Crippen molar-refractivity contribution < 1.29 is 23.5 Å². The Kier molecular flexibility index (Phi) is 5.57. The van der Waals surface area contributed by atoms with Crippen molar-refractivity contribution >= 4 is 29.6 Å². The van der Waals surface area contributed by atoms with Gasteiger partial charge in [0.15, 0.2) is 0 Å². The van der Waals surface area contributed by atoms with E-state index in [4.69, 9.17) is 4.74 Å². The maximum absolute atomic E-state index is 13.6. The number of amides is 4. The van der Waals surface area contributed by atoms with Crippen molar-refractivity contribution in [1.29, 1.82) is 0 Å². The number of hydrogen-bond acceptors (Lipinski definition) is 4. The van der Waals surface area contributed by atoms with E-state index >= 15 is 0 Å². The molecule has 1 N–H and O–H groups in total. The van der Waals surface area contributed by atoms with Crippen LogP contribution in [0, 0.1) is 5.82 Å². The number of ether oxygens (including phenoxy) is 1. The summed E-state index contributed by atoms with van der Waals surface area (Å²) in [7, 11) is 0. The predicted molar refractivity (Wildman–Crippen MR) is 113 cm³/mol. The standard InChI is InChI=1S/C24H17FN2O4/c25-18-10-6-11-19(14-18)27-23(29)20(22(28)26-24(27)30)13-17-9-4-5-12-21(17)31-15-16-7-2-1-3-8-16/h1-14H,15H2,(H,26,28,30)/b20-13+. The summed E-state index contributed by atoms with van der Waals surface area (Å²) in [5.74, 6) is -1.83. The van der Waals surface area contributed by atoms with Gasteiger partial charge in [-0.25, -0.2) is 14.1 Å². The molecule has 0 unspecified atom stereocenters. The molecule has 3 aromatic rings. The molecule has 154 valence electrons. The maximum Gasteiger partial charge on any atom is 0.335 e. The van der Waals surface area contributed by atoms with Gasteiger partial charge in [0.2, 0.25) is 0 Å². The monoisotopic (exact) mass is 416 g/mol. The zero-order valence-electron chi connectivity index (χ0n) is 16.2. The second-order valence-electron chi connectivity index (χ2n) is 6.75. The summed E-state index contributed by atoms with van der Waals surface area (Å²) >= 11 is 0. The molecule has 0 aromatic heterocycles. The first-order chi connectivity index (χ1) is 15.0. The Morgan fingerprint density at radius 1 is 0.903 bits per heavy atom. The number of hydrogen-bond donors (Lipinski definition) is 1. The average molecular weight is 416 g/mol. The highest BCUT2D eigenvalue weighted by atomic mass is 19.1. The van der Waals surface area contributed by atoms with Crippen molar-refractivity contribution in [3.8, 4) is 5.75 Å². The van der Waals surface area contributed by atoms with Crippen LogP contribution in [0.4, 0.5) is 14.9 Å². The van der Waals surface area contributed by atoms with E-state index < -0.39 is 23.7 Å². The van der Waals surface area contributed by atoms with Crippen LogP contribution in [0.2, 0.25) is 0 Å². The number of imide groups is 2. The van der Waals surface area contributed by atoms with Crippen molar-refractivity contribution in [3.05, 3.63) is 101 Å². The number of anilines is 1. The topological polar surface area (TPSA) is 75.7 Å². The average Bonchev–Trinajstić information content (AvgIpc) is 2.76. The van der Waals surface area contributed by atoms with Gasteiger partial charge in [-0.05, 0) is 35.9 Å². The SMILES string of the molecule is O=C1NC(=O)N(c2cccc(F)c2)C(=O)/C1=C/c1ccccc1OCc1ccccc1. The summed E-state index contributed by atoms with van der Waals surface area (Å²) in [5.41, 5.74) is 1.21. The van der Waals surface area contributed by atoms with Crippen LogP contribution in [0.1, 0.15) is 11.1 Å². The van der Waals surface area contributed by atoms with E-state index in [-0.39, 0.29) is 11.3 Å². The van der Waals surface area contributed by atoms with Crippen LogP contribution in [0.25, 0.3) is 6.08 Å². The molecule has 3 aromatic carbocycles. The molecule has 0 aliphatic carbocycles. The number of rotatable bonds is 5. The zero-order valence-corrected chi connectivity index (χ0v) is 16.2. The third-order valence-corrected chi connectivity index (χ3v) is 4.62. The molecule has 0 saturated carbocycles. The van der Waals surface area contributed by atoms with Gasteiger partial charge in [0, 0.05) is 5.56 Å². The number of urea groups is 1. The molecule has 6 nitrogen and oxygen atoms in total. The molecule has 1 heterocycles. The van der Waals surface area contributed by atoms with Crippen LogP contribution < -0.4 is 15.0 Å². The van der Waals surface area contributed by atoms with Crippen molar-refractivity contribution in [3.63, 3.8) is 0 Å². The third-order valence-electron chi connectivity index (χ3n) is 4.62. The third kappa shape index (κ3) is 4.35. The van der Waals surface area contributed by atoms with E-state index in [2.05, 4.69) is 5.32 Å². The first-order valence-electron chi connectivity index (χ1n) is 9.46. The Morgan fingerprint density at radius 3 is 2.42 bits per heavy atom. The van der Waals surface area contributed by atoms with Crippen LogP contribution in [-0.4, -0.2) is 17.8 Å². The smallest absolute Gasteiger partial charge is 0.335 e. The molecule has 0 atom stereocenters. The summed E-state index contributed by atoms with van der Waals surface area (Å²) in [5, 5.41) is 2.12. The summed E-state index contributed by atoms with van der Waals surface area (Å²) in [6, 6.07) is 20.5. The molecule has 7 heteroatoms. The first kappa shape index (κ1) is 20.0. The zero-order chi connectivity index (χ0) is 21.8. The fourth-order valence-corrected chi connectivity index (χ4v) is 3.13. The molecule has 1 aliphatic heterocycles. The highest BCUT2D eigenvalue weighted by Gasteiger charge is 2.37. The second-order valence-corrected chi connectivity index (χ2v) is 6.75. The second kappa shape index (κ2) is 8.62. The van der Waals surface area contributed by atoms with E-state index in [1.165, 1.54) is 24.3 Å². The van der Waals surface area contributed by atoms with Crippen molar-refractivity contribution in [2.45, 2.75) is 6.61 Å². The summed E-state index contributed by atoms with van der Waals surface area (Å²) < 4.78 is 19.5. The van der Waals surface area contributed by atoms with E-state index in [9.17, 15) is 18.8 Å². The molecular weight excluding hydrogens is 399 g/mol. The van der Waals surface area contributed by atoms with E-state index in [1.807, 2.05) is 30.3 Å². The Hall–Kier alpha value is -4.26. The van der Waals surface area contributed by atoms with Crippen LogP contribution in [0.5, 0.6) is 5.75 Å². The summed E-state index contributed by atoms with van der Waals surface area (Å²) in [6.07, 6.45) is 1.36. The first-order valence-corrected chi connectivity index (χ1v) is 9.46. The number of para-hydroxylation sites is 1. The summed E-state index contributed by atoms with van der Waals surface area (Å²) in [4.78, 5) is 38.3. The van der Waals surface area contributed by atoms with E-state index in [0.29, 0.717) is 17.9 Å². The molecule has 1 saturated heterocycles. The van der Waals surface area contributed by atoms with Gasteiger partial charge >= 0.3 is 6.03 Å². The lowest BCUT2D eigenvalue weighted by Crippen LogP contribution is -2.54. The van der Waals surface area contributed by atoms with Gasteiger partial charge in [-0.1, -0.05) is 54.6 Å². The van der Waals surface area contributed by atoms with Gasteiger partial charge in [0.05, 0.1) is 5.69 Å². The Labute approximate surface area is 177 Å². The van der Waals surface area contributed by atoms with Gasteiger partial charge < -0.3 is 4.74 Å². The van der Waals surface area contributed by atoms with E-state index in [0.717, 1.165) is 16.5 Å². The Balaban J connectivity index is 1.65. The van der Waals surface area contributed by atoms with Gasteiger partial charge in [0.25, 0.3) is 11.8 Å². The molecule has 4 amide bonds. The van der Waals surface area contributed by atoms with Crippen LogP contribution in [-0.2, 0) is 16.2 Å².